The number of para-hydroxylation sites is 1. The van der Waals surface area contributed by atoms with Crippen molar-refractivity contribution in [3.8, 4) is 16.3 Å². The van der Waals surface area contributed by atoms with Gasteiger partial charge in [0.15, 0.2) is 0 Å². The van der Waals surface area contributed by atoms with Crippen LogP contribution < -0.4 is 10.1 Å². The van der Waals surface area contributed by atoms with Gasteiger partial charge in [0.25, 0.3) is 5.91 Å². The number of benzene rings is 2. The van der Waals surface area contributed by atoms with Gasteiger partial charge in [0.05, 0.1) is 17.3 Å². The first kappa shape index (κ1) is 22.7. The number of carbonyl (C=O) groups excluding carboxylic acids is 1. The largest absolute Gasteiger partial charge is 0.497 e. The summed E-state index contributed by atoms with van der Waals surface area (Å²) in [6.45, 7) is 5.18. The number of nitrogens with one attached hydrogen (secondary N) is 1. The number of nitrogens with zero attached hydrogens (tertiary/aromatic N) is 2. The van der Waals surface area contributed by atoms with Crippen molar-refractivity contribution in [2.45, 2.75) is 19.9 Å². The van der Waals surface area contributed by atoms with Gasteiger partial charge in [-0.05, 0) is 54.9 Å². The minimum atomic E-state index is -0.115. The lowest BCUT2D eigenvalue weighted by molar-refractivity contribution is 0.102. The predicted molar refractivity (Wildman–Crippen MR) is 136 cm³/mol. The van der Waals surface area contributed by atoms with Crippen molar-refractivity contribution >= 4 is 56.2 Å². The van der Waals surface area contributed by atoms with E-state index in [2.05, 4.69) is 23.2 Å². The minimum Gasteiger partial charge on any atom is -0.497 e. The van der Waals surface area contributed by atoms with E-state index >= 15 is 0 Å². The predicted octanol–water partition coefficient (Wildman–Crippen LogP) is 6.09. The Morgan fingerprint density at radius 1 is 1.16 bits per heavy atom. The smallest absolute Gasteiger partial charge is 0.256 e. The maximum absolute atomic E-state index is 13.0. The molecule has 1 aliphatic rings. The molecule has 1 amide bonds. The Morgan fingerprint density at radius 2 is 1.94 bits per heavy atom. The molecule has 0 atom stereocenters. The SMILES string of the molecule is CCN1CCc2c(sc(NC(=O)c3ccc(OC)cc3)c2-c2nc3ccccc3s2)C1.Cl. The monoisotopic (exact) mass is 485 g/mol. The molecule has 166 valence electrons. The zero-order valence-corrected chi connectivity index (χ0v) is 20.3. The summed E-state index contributed by atoms with van der Waals surface area (Å²) in [5.74, 6) is 0.619. The number of thiophene rings is 1. The first-order valence-electron chi connectivity index (χ1n) is 10.3. The van der Waals surface area contributed by atoms with Gasteiger partial charge in [0.2, 0.25) is 0 Å². The van der Waals surface area contributed by atoms with Gasteiger partial charge in [-0.1, -0.05) is 19.1 Å². The number of fused-ring (bicyclic) bond motifs is 2. The highest BCUT2D eigenvalue weighted by atomic mass is 35.5. The summed E-state index contributed by atoms with van der Waals surface area (Å²) in [7, 11) is 1.62. The summed E-state index contributed by atoms with van der Waals surface area (Å²) in [5, 5.41) is 5.06. The number of rotatable bonds is 5. The summed E-state index contributed by atoms with van der Waals surface area (Å²) in [5.41, 5.74) is 4.04. The van der Waals surface area contributed by atoms with Crippen molar-refractivity contribution in [3.63, 3.8) is 0 Å². The number of anilines is 1. The molecule has 0 spiro atoms. The standard InChI is InChI=1S/C24H23N3O2S2.ClH/c1-3-27-13-12-17-20(14-27)31-24(26-22(28)15-8-10-16(29-2)11-9-15)21(17)23-25-18-6-4-5-7-19(18)30-23;/h4-11H,3,12-14H2,1-2H3,(H,26,28);1H. The Morgan fingerprint density at radius 3 is 2.66 bits per heavy atom. The van der Waals surface area contributed by atoms with Gasteiger partial charge in [0.1, 0.15) is 15.8 Å². The topological polar surface area (TPSA) is 54.5 Å². The van der Waals surface area contributed by atoms with Crippen molar-refractivity contribution in [3.05, 3.63) is 64.5 Å². The van der Waals surface area contributed by atoms with Crippen LogP contribution in [0.4, 0.5) is 5.00 Å². The second-order valence-electron chi connectivity index (χ2n) is 7.50. The molecular formula is C24H24ClN3O2S2. The fourth-order valence-corrected chi connectivity index (χ4v) is 6.33. The average Bonchev–Trinajstić information content (AvgIpc) is 3.38. The van der Waals surface area contributed by atoms with Crippen molar-refractivity contribution in [1.82, 2.24) is 9.88 Å². The van der Waals surface area contributed by atoms with Crippen molar-refractivity contribution in [1.29, 1.82) is 0 Å². The molecule has 5 rings (SSSR count). The molecular weight excluding hydrogens is 462 g/mol. The molecule has 0 bridgehead atoms. The van der Waals surface area contributed by atoms with E-state index < -0.39 is 0 Å². The average molecular weight is 486 g/mol. The van der Waals surface area contributed by atoms with Crippen LogP contribution in [-0.2, 0) is 13.0 Å². The van der Waals surface area contributed by atoms with E-state index in [9.17, 15) is 4.79 Å². The van der Waals surface area contributed by atoms with Gasteiger partial charge in [-0.3, -0.25) is 9.69 Å². The Balaban J connectivity index is 0.00000245. The van der Waals surface area contributed by atoms with Crippen molar-refractivity contribution < 1.29 is 9.53 Å². The van der Waals surface area contributed by atoms with Gasteiger partial charge in [0, 0.05) is 29.1 Å². The molecule has 0 unspecified atom stereocenters. The van der Waals surface area contributed by atoms with Crippen LogP contribution in [0.15, 0.2) is 48.5 Å². The van der Waals surface area contributed by atoms with Crippen molar-refractivity contribution in [2.24, 2.45) is 0 Å². The number of halogens is 1. The third-order valence-corrected chi connectivity index (χ3v) is 7.86. The highest BCUT2D eigenvalue weighted by Gasteiger charge is 2.27. The highest BCUT2D eigenvalue weighted by molar-refractivity contribution is 7.23. The first-order valence-corrected chi connectivity index (χ1v) is 12.0. The second-order valence-corrected chi connectivity index (χ2v) is 9.63. The third-order valence-electron chi connectivity index (χ3n) is 5.67. The molecule has 0 saturated carbocycles. The van der Waals surface area contributed by atoms with Gasteiger partial charge in [-0.15, -0.1) is 35.1 Å². The van der Waals surface area contributed by atoms with Gasteiger partial charge >= 0.3 is 0 Å². The van der Waals surface area contributed by atoms with E-state index in [1.165, 1.54) is 10.4 Å². The van der Waals surface area contributed by atoms with Gasteiger partial charge in [-0.25, -0.2) is 4.98 Å². The number of likely N-dealkylation sites (N-methyl/N-ethyl adjacent to an activating group) is 1. The summed E-state index contributed by atoms with van der Waals surface area (Å²) in [6.07, 6.45) is 0.976. The zero-order chi connectivity index (χ0) is 21.4. The number of aromatic nitrogens is 1. The van der Waals surface area contributed by atoms with E-state index in [1.807, 2.05) is 30.3 Å². The number of hydrogen-bond acceptors (Lipinski definition) is 6. The van der Waals surface area contributed by atoms with E-state index in [-0.39, 0.29) is 18.3 Å². The van der Waals surface area contributed by atoms with E-state index in [1.54, 1.807) is 41.9 Å². The van der Waals surface area contributed by atoms with Gasteiger partial charge < -0.3 is 10.1 Å². The number of methoxy groups -OCH3 is 1. The summed E-state index contributed by atoms with van der Waals surface area (Å²) in [6, 6.07) is 15.4. The van der Waals surface area contributed by atoms with Crippen LogP contribution in [0.5, 0.6) is 5.75 Å². The molecule has 0 aliphatic carbocycles. The summed E-state index contributed by atoms with van der Waals surface area (Å²) in [4.78, 5) is 21.7. The molecule has 0 radical (unpaired) electrons. The quantitative estimate of drug-likeness (QED) is 0.372. The van der Waals surface area contributed by atoms with Crippen LogP contribution in [0.1, 0.15) is 27.7 Å². The molecule has 2 aromatic carbocycles. The number of hydrogen-bond donors (Lipinski definition) is 1. The van der Waals surface area contributed by atoms with Crippen LogP contribution in [0, 0.1) is 0 Å². The number of carbonyl (C=O) groups is 1. The molecule has 2 aromatic heterocycles. The number of thiazole rings is 1. The molecule has 32 heavy (non-hydrogen) atoms. The molecule has 1 N–H and O–H groups in total. The van der Waals surface area contributed by atoms with E-state index in [0.29, 0.717) is 5.56 Å². The third kappa shape index (κ3) is 4.26. The fraction of sp³-hybridized carbons (Fsp3) is 0.250. The normalized spacial score (nSPS) is 13.4. The maximum Gasteiger partial charge on any atom is 0.256 e. The summed E-state index contributed by atoms with van der Waals surface area (Å²) >= 11 is 3.38. The molecule has 0 saturated heterocycles. The molecule has 0 fully saturated rings. The van der Waals surface area contributed by atoms with Crippen molar-refractivity contribution in [2.75, 3.05) is 25.5 Å². The lowest BCUT2D eigenvalue weighted by Crippen LogP contribution is -2.29. The molecule has 8 heteroatoms. The molecule has 5 nitrogen and oxygen atoms in total. The Bertz CT molecular complexity index is 1220. The lowest BCUT2D eigenvalue weighted by atomic mass is 10.0. The number of ether oxygens (including phenoxy) is 1. The number of amides is 1. The van der Waals surface area contributed by atoms with E-state index in [4.69, 9.17) is 9.72 Å². The molecule has 4 aromatic rings. The zero-order valence-electron chi connectivity index (χ0n) is 17.9. The Kier molecular flexibility index (Phi) is 6.81. The first-order chi connectivity index (χ1) is 15.2. The maximum atomic E-state index is 13.0. The Hall–Kier alpha value is -2.45. The molecule has 1 aliphatic heterocycles. The van der Waals surface area contributed by atoms with Crippen LogP contribution in [0.2, 0.25) is 0 Å². The second kappa shape index (κ2) is 9.58. The van der Waals surface area contributed by atoms with Crippen LogP contribution in [0.25, 0.3) is 20.8 Å². The lowest BCUT2D eigenvalue weighted by Gasteiger charge is -2.25. The highest BCUT2D eigenvalue weighted by Crippen LogP contribution is 2.45. The Labute approximate surface area is 201 Å². The molecule has 3 heterocycles. The summed E-state index contributed by atoms with van der Waals surface area (Å²) < 4.78 is 6.37. The van der Waals surface area contributed by atoms with Gasteiger partial charge in [-0.2, -0.15) is 0 Å². The van der Waals surface area contributed by atoms with E-state index in [0.717, 1.165) is 57.6 Å². The van der Waals surface area contributed by atoms with Crippen LogP contribution >= 0.6 is 35.1 Å². The fourth-order valence-electron chi connectivity index (χ4n) is 3.94. The van der Waals surface area contributed by atoms with Crippen LogP contribution in [0.3, 0.4) is 0 Å². The van der Waals surface area contributed by atoms with Crippen LogP contribution in [-0.4, -0.2) is 36.0 Å². The minimum absolute atomic E-state index is 0.